The molecule has 0 aromatic heterocycles. The molecule has 0 N–H and O–H groups in total. The maximum Gasteiger partial charge on any atom is 0.0198 e. The molecule has 2 saturated heterocycles. The maximum absolute atomic E-state index is 2.69. The monoisotopic (exact) mass is 253 g/mol. The molecule has 1 atom stereocenters. The molecule has 0 amide bonds. The van der Waals surface area contributed by atoms with Crippen LogP contribution in [-0.4, -0.2) is 72.1 Å². The Morgan fingerprint density at radius 1 is 0.944 bits per heavy atom. The molecule has 0 saturated carbocycles. The van der Waals surface area contributed by atoms with Crippen LogP contribution in [0.2, 0.25) is 0 Å². The second-order valence-electron chi connectivity index (χ2n) is 6.85. The maximum atomic E-state index is 2.69. The van der Waals surface area contributed by atoms with E-state index in [0.717, 1.165) is 18.0 Å². The molecule has 3 nitrogen and oxygen atoms in total. The van der Waals surface area contributed by atoms with E-state index >= 15 is 0 Å². The van der Waals surface area contributed by atoms with Crippen LogP contribution in [-0.2, 0) is 0 Å². The zero-order chi connectivity index (χ0) is 13.3. The molecule has 2 aliphatic rings. The number of rotatable bonds is 4. The molecule has 2 heterocycles. The molecule has 2 fully saturated rings. The lowest BCUT2D eigenvalue weighted by Crippen LogP contribution is -2.58. The predicted molar refractivity (Wildman–Crippen MR) is 77.9 cm³/mol. The highest BCUT2D eigenvalue weighted by molar-refractivity contribution is 4.87. The lowest BCUT2D eigenvalue weighted by molar-refractivity contribution is 0.00876. The van der Waals surface area contributed by atoms with Gasteiger partial charge < -0.3 is 9.80 Å². The standard InChI is InChI=1S/C15H31N3/c1-12(2)17-10-15(11-17)9-16-6-7-18(13(3)4)14(5)8-16/h12-15H,6-11H2,1-5H3. The molecule has 1 unspecified atom stereocenters. The number of nitrogens with zero attached hydrogens (tertiary/aromatic N) is 3. The SMILES string of the molecule is CC(C)N1CC(CN2CCN(C(C)C)C(C)C2)C1. The quantitative estimate of drug-likeness (QED) is 0.756. The van der Waals surface area contributed by atoms with Crippen LogP contribution in [0.25, 0.3) is 0 Å². The van der Waals surface area contributed by atoms with Gasteiger partial charge in [-0.15, -0.1) is 0 Å². The summed E-state index contributed by atoms with van der Waals surface area (Å²) in [5.41, 5.74) is 0. The van der Waals surface area contributed by atoms with Crippen LogP contribution in [0.4, 0.5) is 0 Å². The molecular weight excluding hydrogens is 222 g/mol. The first kappa shape index (κ1) is 14.3. The Hall–Kier alpha value is -0.120. The van der Waals surface area contributed by atoms with Gasteiger partial charge in [-0.2, -0.15) is 0 Å². The van der Waals surface area contributed by atoms with Crippen molar-refractivity contribution in [2.75, 3.05) is 39.3 Å². The van der Waals surface area contributed by atoms with Gasteiger partial charge in [-0.25, -0.2) is 0 Å². The summed E-state index contributed by atoms with van der Waals surface area (Å²) in [4.78, 5) is 7.90. The summed E-state index contributed by atoms with van der Waals surface area (Å²) in [6.07, 6.45) is 0. The van der Waals surface area contributed by atoms with E-state index in [1.807, 2.05) is 0 Å². The molecule has 0 aromatic carbocycles. The van der Waals surface area contributed by atoms with E-state index in [2.05, 4.69) is 49.3 Å². The van der Waals surface area contributed by atoms with Crippen LogP contribution in [0.1, 0.15) is 34.6 Å². The van der Waals surface area contributed by atoms with Gasteiger partial charge in [0.2, 0.25) is 0 Å². The lowest BCUT2D eigenvalue weighted by Gasteiger charge is -2.47. The van der Waals surface area contributed by atoms with Gasteiger partial charge in [-0.05, 0) is 40.5 Å². The minimum Gasteiger partial charge on any atom is -0.300 e. The molecule has 0 aliphatic carbocycles. The number of hydrogen-bond acceptors (Lipinski definition) is 3. The van der Waals surface area contributed by atoms with E-state index in [-0.39, 0.29) is 0 Å². The van der Waals surface area contributed by atoms with E-state index in [1.165, 1.54) is 39.3 Å². The van der Waals surface area contributed by atoms with Crippen molar-refractivity contribution in [3.8, 4) is 0 Å². The molecule has 0 radical (unpaired) electrons. The van der Waals surface area contributed by atoms with Gasteiger partial charge in [0.25, 0.3) is 0 Å². The fraction of sp³-hybridized carbons (Fsp3) is 1.00. The summed E-state index contributed by atoms with van der Waals surface area (Å²) >= 11 is 0. The second-order valence-corrected chi connectivity index (χ2v) is 6.85. The number of hydrogen-bond donors (Lipinski definition) is 0. The summed E-state index contributed by atoms with van der Waals surface area (Å²) < 4.78 is 0. The van der Waals surface area contributed by atoms with E-state index in [1.54, 1.807) is 0 Å². The number of likely N-dealkylation sites (tertiary alicyclic amines) is 1. The molecule has 0 aromatic rings. The average Bonchev–Trinajstić information content (AvgIpc) is 2.21. The van der Waals surface area contributed by atoms with Crippen LogP contribution in [0, 0.1) is 5.92 Å². The second kappa shape index (κ2) is 5.89. The third-order valence-corrected chi connectivity index (χ3v) is 4.66. The van der Waals surface area contributed by atoms with Crippen molar-refractivity contribution in [3.63, 3.8) is 0 Å². The Morgan fingerprint density at radius 2 is 1.61 bits per heavy atom. The summed E-state index contributed by atoms with van der Waals surface area (Å²) in [5, 5.41) is 0. The average molecular weight is 253 g/mol. The minimum atomic E-state index is 0.697. The van der Waals surface area contributed by atoms with Crippen LogP contribution < -0.4 is 0 Å². The molecule has 2 rings (SSSR count). The Labute approximate surface area is 113 Å². The fourth-order valence-corrected chi connectivity index (χ4v) is 3.49. The third-order valence-electron chi connectivity index (χ3n) is 4.66. The first-order valence-corrected chi connectivity index (χ1v) is 7.69. The van der Waals surface area contributed by atoms with Crippen molar-refractivity contribution >= 4 is 0 Å². The molecule has 0 spiro atoms. The topological polar surface area (TPSA) is 9.72 Å². The largest absolute Gasteiger partial charge is 0.300 e. The van der Waals surface area contributed by atoms with Gasteiger partial charge in [0.15, 0.2) is 0 Å². The molecule has 106 valence electrons. The Bertz CT molecular complexity index is 258. The van der Waals surface area contributed by atoms with Crippen LogP contribution in [0.15, 0.2) is 0 Å². The summed E-state index contributed by atoms with van der Waals surface area (Å²) in [7, 11) is 0. The molecule has 0 bridgehead atoms. The van der Waals surface area contributed by atoms with Gasteiger partial charge >= 0.3 is 0 Å². The predicted octanol–water partition coefficient (Wildman–Crippen LogP) is 1.74. The Morgan fingerprint density at radius 3 is 2.11 bits per heavy atom. The van der Waals surface area contributed by atoms with Crippen LogP contribution in [0.3, 0.4) is 0 Å². The van der Waals surface area contributed by atoms with Crippen molar-refractivity contribution in [1.82, 2.24) is 14.7 Å². The highest BCUT2D eigenvalue weighted by Crippen LogP contribution is 2.21. The van der Waals surface area contributed by atoms with E-state index < -0.39 is 0 Å². The van der Waals surface area contributed by atoms with Gasteiger partial charge in [0.05, 0.1) is 0 Å². The highest BCUT2D eigenvalue weighted by Gasteiger charge is 2.32. The zero-order valence-electron chi connectivity index (χ0n) is 12.9. The van der Waals surface area contributed by atoms with Gasteiger partial charge in [0.1, 0.15) is 0 Å². The minimum absolute atomic E-state index is 0.697. The summed E-state index contributed by atoms with van der Waals surface area (Å²) in [5.74, 6) is 0.921. The Kier molecular flexibility index (Phi) is 4.68. The van der Waals surface area contributed by atoms with Crippen molar-refractivity contribution < 1.29 is 0 Å². The molecule has 3 heteroatoms. The van der Waals surface area contributed by atoms with Crippen LogP contribution in [0.5, 0.6) is 0 Å². The Balaban J connectivity index is 1.70. The van der Waals surface area contributed by atoms with Gasteiger partial charge in [-0.3, -0.25) is 4.90 Å². The van der Waals surface area contributed by atoms with E-state index in [9.17, 15) is 0 Å². The number of piperazine rings is 1. The normalized spacial score (nSPS) is 29.2. The van der Waals surface area contributed by atoms with Crippen molar-refractivity contribution in [2.45, 2.75) is 52.7 Å². The summed E-state index contributed by atoms with van der Waals surface area (Å²) in [6.45, 7) is 19.4. The zero-order valence-corrected chi connectivity index (χ0v) is 12.9. The van der Waals surface area contributed by atoms with Crippen molar-refractivity contribution in [2.24, 2.45) is 5.92 Å². The van der Waals surface area contributed by atoms with E-state index in [4.69, 9.17) is 0 Å². The molecule has 18 heavy (non-hydrogen) atoms. The molecular formula is C15H31N3. The highest BCUT2D eigenvalue weighted by atomic mass is 15.3. The summed E-state index contributed by atoms with van der Waals surface area (Å²) in [6, 6.07) is 2.15. The van der Waals surface area contributed by atoms with Crippen molar-refractivity contribution in [1.29, 1.82) is 0 Å². The third kappa shape index (κ3) is 3.25. The van der Waals surface area contributed by atoms with Crippen LogP contribution >= 0.6 is 0 Å². The smallest absolute Gasteiger partial charge is 0.0198 e. The lowest BCUT2D eigenvalue weighted by atomic mass is 9.97. The van der Waals surface area contributed by atoms with Crippen molar-refractivity contribution in [3.05, 3.63) is 0 Å². The first-order valence-electron chi connectivity index (χ1n) is 7.69. The first-order chi connectivity index (χ1) is 8.47. The van der Waals surface area contributed by atoms with E-state index in [0.29, 0.717) is 6.04 Å². The van der Waals surface area contributed by atoms with Gasteiger partial charge in [0, 0.05) is 57.4 Å². The van der Waals surface area contributed by atoms with Gasteiger partial charge in [-0.1, -0.05) is 0 Å². The molecule has 2 aliphatic heterocycles. The fourth-order valence-electron chi connectivity index (χ4n) is 3.49.